The molecule has 242 valence electrons. The number of carbonyl (C=O) groups excluding carboxylic acids is 1. The molecule has 0 aromatic carbocycles. The van der Waals surface area contributed by atoms with Crippen molar-refractivity contribution in [2.45, 2.75) is 128 Å². The lowest BCUT2D eigenvalue weighted by Crippen LogP contribution is -2.48. The van der Waals surface area contributed by atoms with Crippen molar-refractivity contribution >= 4 is 15.9 Å². The first-order valence-electron chi connectivity index (χ1n) is 15.9. The van der Waals surface area contributed by atoms with E-state index >= 15 is 0 Å². The lowest BCUT2D eigenvalue weighted by atomic mass is 9.69. The molecule has 0 N–H and O–H groups in total. The van der Waals surface area contributed by atoms with Gasteiger partial charge in [-0.25, -0.2) is 12.7 Å². The van der Waals surface area contributed by atoms with Crippen LogP contribution in [0.5, 0.6) is 0 Å². The van der Waals surface area contributed by atoms with Crippen LogP contribution < -0.4 is 0 Å². The smallest absolute Gasteiger partial charge is 0.267 e. The van der Waals surface area contributed by atoms with E-state index in [2.05, 4.69) is 18.8 Å². The number of rotatable bonds is 4. The summed E-state index contributed by atoms with van der Waals surface area (Å²) in [7, 11) is -3.81. The predicted molar refractivity (Wildman–Crippen MR) is 154 cm³/mol. The van der Waals surface area contributed by atoms with Crippen molar-refractivity contribution in [3.63, 3.8) is 0 Å². The summed E-state index contributed by atoms with van der Waals surface area (Å²) in [6.45, 7) is 12.1. The van der Waals surface area contributed by atoms with Crippen molar-refractivity contribution in [1.82, 2.24) is 14.4 Å². The molecule has 12 nitrogen and oxygen atoms in total. The first-order valence-corrected chi connectivity index (χ1v) is 17.5. The standard InChI is InChI=1S/C31H43N3O9S/c1-28(2)18-9-10-31(28)16-44(36,37)34(22(31)12-18)26(35)20-13-19(17-8-7-11-32-14-17)33(43-20)27-25-24(41-30(5,6)42-25)23(39-27)21-15-38-29(3,4)40-21/h7-8,11,14,18-25,27H,9-10,12-13,15-16H2,1-6H3/t18-,19+,20+,21+,22-,23-,24+,25+,27+,31-/m1/s1. The van der Waals surface area contributed by atoms with Crippen molar-refractivity contribution in [2.75, 3.05) is 12.4 Å². The summed E-state index contributed by atoms with van der Waals surface area (Å²) in [4.78, 5) is 25.2. The second-order valence-electron chi connectivity index (χ2n) is 15.2. The minimum atomic E-state index is -3.81. The van der Waals surface area contributed by atoms with E-state index in [1.807, 2.05) is 39.8 Å². The molecule has 7 fully saturated rings. The van der Waals surface area contributed by atoms with Crippen LogP contribution in [0.25, 0.3) is 0 Å². The second-order valence-corrected chi connectivity index (χ2v) is 17.0. The third kappa shape index (κ3) is 4.16. The molecule has 2 saturated carbocycles. The summed E-state index contributed by atoms with van der Waals surface area (Å²) >= 11 is 0. The van der Waals surface area contributed by atoms with Gasteiger partial charge in [-0.3, -0.25) is 14.6 Å². The van der Waals surface area contributed by atoms with Gasteiger partial charge in [0.25, 0.3) is 5.91 Å². The van der Waals surface area contributed by atoms with Crippen LogP contribution in [0.3, 0.4) is 0 Å². The summed E-state index contributed by atoms with van der Waals surface area (Å²) in [5, 5.41) is 1.67. The second kappa shape index (κ2) is 9.43. The Hall–Kier alpha value is -1.71. The number of ether oxygens (including phenoxy) is 5. The number of pyridine rings is 1. The van der Waals surface area contributed by atoms with Crippen LogP contribution in [0.2, 0.25) is 0 Å². The minimum absolute atomic E-state index is 0.0135. The Kier molecular flexibility index (Phi) is 6.36. The molecular weight excluding hydrogens is 590 g/mol. The van der Waals surface area contributed by atoms with Crippen LogP contribution in [0.4, 0.5) is 0 Å². The SMILES string of the molecule is CC1(C)O[C@H]2[C@@H]([C@@H]3COC(C)(C)O3)O[C@H](N3O[C@H](C(=O)N4[C@@H]5C[C@H]6CC[C@]5(CS4(=O)=O)C6(C)C)C[C@H]3c3cccnc3)[C@H]2O1. The molecule has 5 saturated heterocycles. The Bertz CT molecular complexity index is 1450. The van der Waals surface area contributed by atoms with E-state index in [0.29, 0.717) is 18.9 Å². The van der Waals surface area contributed by atoms with Crippen molar-refractivity contribution in [2.24, 2.45) is 16.7 Å². The average Bonchev–Trinajstić information content (AvgIpc) is 3.77. The molecule has 1 amide bonds. The highest BCUT2D eigenvalue weighted by molar-refractivity contribution is 7.90. The van der Waals surface area contributed by atoms with Crippen molar-refractivity contribution < 1.29 is 41.7 Å². The van der Waals surface area contributed by atoms with Gasteiger partial charge < -0.3 is 23.7 Å². The molecule has 7 aliphatic rings. The van der Waals surface area contributed by atoms with E-state index in [1.165, 1.54) is 4.31 Å². The highest BCUT2D eigenvalue weighted by Crippen LogP contribution is 2.70. The fourth-order valence-corrected chi connectivity index (χ4v) is 12.1. The molecule has 6 heterocycles. The van der Waals surface area contributed by atoms with Crippen LogP contribution >= 0.6 is 0 Å². The Morgan fingerprint density at radius 1 is 1.00 bits per heavy atom. The average molecular weight is 634 g/mol. The normalized spacial score (nSPS) is 46.0. The van der Waals surface area contributed by atoms with Gasteiger partial charge in [-0.1, -0.05) is 19.9 Å². The third-order valence-corrected chi connectivity index (χ3v) is 13.6. The highest BCUT2D eigenvalue weighted by atomic mass is 32.2. The van der Waals surface area contributed by atoms with Crippen molar-refractivity contribution in [3.8, 4) is 0 Å². The van der Waals surface area contributed by atoms with Crippen LogP contribution in [-0.4, -0.2) is 95.4 Å². The number of hydroxylamine groups is 2. The van der Waals surface area contributed by atoms with E-state index in [4.69, 9.17) is 28.5 Å². The fourth-order valence-electron chi connectivity index (χ4n) is 9.52. The minimum Gasteiger partial charge on any atom is -0.349 e. The number of hydrogen-bond acceptors (Lipinski definition) is 11. The van der Waals surface area contributed by atoms with Gasteiger partial charge in [-0.15, -0.1) is 5.06 Å². The topological polar surface area (TPSA) is 126 Å². The summed E-state index contributed by atoms with van der Waals surface area (Å²) in [6, 6.07) is 2.98. The van der Waals surface area contributed by atoms with E-state index in [1.54, 1.807) is 17.5 Å². The van der Waals surface area contributed by atoms with Gasteiger partial charge in [-0.05, 0) is 69.9 Å². The van der Waals surface area contributed by atoms with Crippen LogP contribution in [0.15, 0.2) is 24.5 Å². The molecule has 0 unspecified atom stereocenters. The quantitative estimate of drug-likeness (QED) is 0.486. The van der Waals surface area contributed by atoms with Gasteiger partial charge in [-0.2, -0.15) is 0 Å². The molecule has 10 atom stereocenters. The van der Waals surface area contributed by atoms with Crippen LogP contribution in [0, 0.1) is 16.7 Å². The molecule has 1 aromatic heterocycles. The Morgan fingerprint density at radius 3 is 2.45 bits per heavy atom. The highest BCUT2D eigenvalue weighted by Gasteiger charge is 2.73. The molecule has 5 aliphatic heterocycles. The maximum Gasteiger partial charge on any atom is 0.267 e. The number of carbonyl (C=O) groups is 1. The summed E-state index contributed by atoms with van der Waals surface area (Å²) in [5.41, 5.74) is 0.267. The molecule has 44 heavy (non-hydrogen) atoms. The first kappa shape index (κ1) is 29.7. The van der Waals surface area contributed by atoms with Crippen molar-refractivity contribution in [3.05, 3.63) is 30.1 Å². The number of aromatic nitrogens is 1. The Morgan fingerprint density at radius 2 is 1.77 bits per heavy atom. The zero-order chi connectivity index (χ0) is 31.0. The summed E-state index contributed by atoms with van der Waals surface area (Å²) < 4.78 is 60.1. The van der Waals surface area contributed by atoms with Crippen LogP contribution in [-0.2, 0) is 43.3 Å². The maximum atomic E-state index is 14.3. The molecule has 2 aliphatic carbocycles. The summed E-state index contributed by atoms with van der Waals surface area (Å²) in [6.07, 6.45) is 2.48. The zero-order valence-corrected chi connectivity index (χ0v) is 27.0. The molecule has 2 bridgehead atoms. The third-order valence-electron chi connectivity index (χ3n) is 11.7. The van der Waals surface area contributed by atoms with E-state index < -0.39 is 75.7 Å². The predicted octanol–water partition coefficient (Wildman–Crippen LogP) is 2.89. The van der Waals surface area contributed by atoms with E-state index in [0.717, 1.165) is 18.4 Å². The van der Waals surface area contributed by atoms with Gasteiger partial charge in [0.1, 0.15) is 24.4 Å². The Balaban J connectivity index is 1.11. The van der Waals surface area contributed by atoms with Gasteiger partial charge in [0, 0.05) is 24.2 Å². The van der Waals surface area contributed by atoms with Gasteiger partial charge in [0.2, 0.25) is 10.0 Å². The molecular formula is C31H43N3O9S. The molecule has 13 heteroatoms. The lowest BCUT2D eigenvalue weighted by molar-refractivity contribution is -0.290. The number of nitrogens with zero attached hydrogens (tertiary/aromatic N) is 3. The van der Waals surface area contributed by atoms with Gasteiger partial charge in [0.05, 0.1) is 24.4 Å². The molecule has 8 rings (SSSR count). The van der Waals surface area contributed by atoms with Crippen molar-refractivity contribution in [1.29, 1.82) is 0 Å². The lowest BCUT2D eigenvalue weighted by Gasteiger charge is -2.37. The van der Waals surface area contributed by atoms with Crippen LogP contribution in [0.1, 0.15) is 78.8 Å². The van der Waals surface area contributed by atoms with Gasteiger partial charge >= 0.3 is 0 Å². The number of hydrogen-bond donors (Lipinski definition) is 0. The fraction of sp³-hybridized carbons (Fsp3) is 0.806. The summed E-state index contributed by atoms with van der Waals surface area (Å²) in [5.74, 6) is -1.73. The molecule has 1 aromatic rings. The van der Waals surface area contributed by atoms with Gasteiger partial charge in [0.15, 0.2) is 23.9 Å². The maximum absolute atomic E-state index is 14.3. The monoisotopic (exact) mass is 633 g/mol. The number of amides is 1. The van der Waals surface area contributed by atoms with E-state index in [9.17, 15) is 13.2 Å². The molecule has 0 radical (unpaired) electrons. The Labute approximate surface area is 258 Å². The zero-order valence-electron chi connectivity index (χ0n) is 26.2. The number of sulfonamides is 1. The number of fused-ring (bicyclic) bond motifs is 2. The largest absolute Gasteiger partial charge is 0.349 e. The van der Waals surface area contributed by atoms with E-state index in [-0.39, 0.29) is 23.6 Å². The molecule has 1 spiro atoms. The first-order chi connectivity index (χ1) is 20.6.